The Morgan fingerprint density at radius 2 is 1.30 bits per heavy atom. The van der Waals surface area contributed by atoms with Crippen molar-refractivity contribution in [3.63, 3.8) is 0 Å². The fraction of sp³-hybridized carbons (Fsp3) is 0. The molecule has 0 N–H and O–H groups in total. The van der Waals surface area contributed by atoms with Gasteiger partial charge in [0.05, 0.1) is 0 Å². The van der Waals surface area contributed by atoms with Gasteiger partial charge in [-0.15, -0.1) is 0 Å². The fourth-order valence-corrected chi connectivity index (χ4v) is 19.1. The molecule has 0 spiro atoms. The molecule has 1 aliphatic heterocycles. The molecular formula is C18H12BiBrO2S. The molecule has 1 aliphatic rings. The molecule has 23 heavy (non-hydrogen) atoms. The average Bonchev–Trinajstić information content (AvgIpc) is 2.55. The second kappa shape index (κ2) is 5.80. The summed E-state index contributed by atoms with van der Waals surface area (Å²) in [4.78, 5) is 0.993. The van der Waals surface area contributed by atoms with Crippen LogP contribution in [0.25, 0.3) is 0 Å². The number of sulfone groups is 1. The van der Waals surface area contributed by atoms with Crippen LogP contribution < -0.4 is 9.81 Å². The standard InChI is InChI=1S/C12H8O2S.C6H4Br.Bi/c13-15(14,11-7-3-1-4-8-11)12-9-5-2-6-10-12;7-6-4-2-1-3-5-6;/h1-7,9H;1-2,4-5H;. The van der Waals surface area contributed by atoms with Crippen LogP contribution in [0.5, 0.6) is 0 Å². The van der Waals surface area contributed by atoms with Gasteiger partial charge in [-0.2, -0.15) is 0 Å². The summed E-state index contributed by atoms with van der Waals surface area (Å²) in [5.74, 6) is 0. The number of rotatable bonds is 1. The van der Waals surface area contributed by atoms with Gasteiger partial charge >= 0.3 is 153 Å². The Kier molecular flexibility index (Phi) is 3.91. The first kappa shape index (κ1) is 15.5. The van der Waals surface area contributed by atoms with Crippen LogP contribution in [0.4, 0.5) is 0 Å². The van der Waals surface area contributed by atoms with Gasteiger partial charge in [0, 0.05) is 0 Å². The number of benzene rings is 3. The van der Waals surface area contributed by atoms with E-state index in [-0.39, 0.29) is 0 Å². The third kappa shape index (κ3) is 2.50. The van der Waals surface area contributed by atoms with Gasteiger partial charge in [-0.25, -0.2) is 0 Å². The molecule has 0 atom stereocenters. The molecule has 3 aromatic rings. The fourth-order valence-electron chi connectivity index (χ4n) is 2.88. The monoisotopic (exact) mass is 580 g/mol. The second-order valence-corrected chi connectivity index (χ2v) is 16.4. The van der Waals surface area contributed by atoms with Crippen molar-refractivity contribution in [3.05, 3.63) is 77.3 Å². The van der Waals surface area contributed by atoms with Gasteiger partial charge in [-0.3, -0.25) is 0 Å². The van der Waals surface area contributed by atoms with Crippen molar-refractivity contribution >= 4 is 57.3 Å². The van der Waals surface area contributed by atoms with E-state index in [4.69, 9.17) is 0 Å². The molecule has 2 nitrogen and oxygen atoms in total. The molecule has 0 fully saturated rings. The summed E-state index contributed by atoms with van der Waals surface area (Å²) in [6.45, 7) is 0. The van der Waals surface area contributed by atoms with Crippen LogP contribution in [0.15, 0.2) is 87.1 Å². The van der Waals surface area contributed by atoms with Gasteiger partial charge < -0.3 is 0 Å². The Hall–Kier alpha value is -1.03. The number of fused-ring (bicyclic) bond motifs is 2. The zero-order valence-corrected chi connectivity index (χ0v) is 17.9. The van der Waals surface area contributed by atoms with E-state index < -0.39 is 31.6 Å². The van der Waals surface area contributed by atoms with E-state index in [0.29, 0.717) is 9.79 Å². The maximum atomic E-state index is 13.0. The zero-order chi connectivity index (χ0) is 16.0. The molecule has 0 aromatic heterocycles. The normalized spacial score (nSPS) is 15.7. The average molecular weight is 581 g/mol. The minimum absolute atomic E-state index is 0.497. The first-order chi connectivity index (χ1) is 11.1. The minimum atomic E-state index is -3.41. The van der Waals surface area contributed by atoms with Gasteiger partial charge in [0.25, 0.3) is 0 Å². The molecule has 4 rings (SSSR count). The molecule has 1 heterocycles. The first-order valence-corrected chi connectivity index (χ1v) is 14.6. The summed E-state index contributed by atoms with van der Waals surface area (Å²) in [7, 11) is -3.41. The Morgan fingerprint density at radius 1 is 0.739 bits per heavy atom. The van der Waals surface area contributed by atoms with Crippen molar-refractivity contribution in [3.8, 4) is 0 Å². The summed E-state index contributed by atoms with van der Waals surface area (Å²) in [6, 6.07) is 23.3. The summed E-state index contributed by atoms with van der Waals surface area (Å²) < 4.78 is 30.3. The van der Waals surface area contributed by atoms with E-state index in [1.165, 1.54) is 3.27 Å². The van der Waals surface area contributed by atoms with Gasteiger partial charge in [0.15, 0.2) is 0 Å². The quantitative estimate of drug-likeness (QED) is 0.323. The van der Waals surface area contributed by atoms with Gasteiger partial charge in [0.1, 0.15) is 0 Å². The molecule has 3 aromatic carbocycles. The summed E-state index contributed by atoms with van der Waals surface area (Å²) in [5.41, 5.74) is 0. The predicted octanol–water partition coefficient (Wildman–Crippen LogP) is 2.11. The summed E-state index contributed by atoms with van der Waals surface area (Å²) in [5, 5.41) is 0. The topological polar surface area (TPSA) is 34.1 Å². The maximum absolute atomic E-state index is 13.0. The Balaban J connectivity index is 2.09. The van der Waals surface area contributed by atoms with Gasteiger partial charge in [-0.1, -0.05) is 0 Å². The number of hydrogen-bond acceptors (Lipinski definition) is 2. The second-order valence-electron chi connectivity index (χ2n) is 5.25. The predicted molar refractivity (Wildman–Crippen MR) is 97.1 cm³/mol. The van der Waals surface area contributed by atoms with Crippen LogP contribution in [-0.4, -0.2) is 30.2 Å². The molecule has 0 saturated carbocycles. The SMILES string of the molecule is O=S1(=O)c2cccc[c]2[Bi]([c]2cccc(Br)c2)[c]2ccccc21. The van der Waals surface area contributed by atoms with E-state index >= 15 is 0 Å². The van der Waals surface area contributed by atoms with Crippen LogP contribution in [0, 0.1) is 0 Å². The van der Waals surface area contributed by atoms with Crippen molar-refractivity contribution in [1.29, 1.82) is 0 Å². The van der Waals surface area contributed by atoms with Crippen molar-refractivity contribution in [2.75, 3.05) is 0 Å². The molecule has 0 radical (unpaired) electrons. The van der Waals surface area contributed by atoms with Crippen molar-refractivity contribution < 1.29 is 8.42 Å². The van der Waals surface area contributed by atoms with E-state index in [1.54, 1.807) is 12.1 Å². The van der Waals surface area contributed by atoms with Crippen molar-refractivity contribution in [2.45, 2.75) is 9.79 Å². The van der Waals surface area contributed by atoms with E-state index in [2.05, 4.69) is 28.1 Å². The molecule has 0 unspecified atom stereocenters. The van der Waals surface area contributed by atoms with Crippen LogP contribution in [0.2, 0.25) is 0 Å². The molecule has 0 aliphatic carbocycles. The molecule has 5 heteroatoms. The van der Waals surface area contributed by atoms with Crippen LogP contribution >= 0.6 is 15.9 Å². The molecular weight excluding hydrogens is 569 g/mol. The third-order valence-corrected chi connectivity index (χ3v) is 17.3. The molecule has 0 bridgehead atoms. The Labute approximate surface area is 151 Å². The van der Waals surface area contributed by atoms with E-state index in [1.807, 2.05) is 48.5 Å². The molecule has 114 valence electrons. The third-order valence-electron chi connectivity index (χ3n) is 3.86. The van der Waals surface area contributed by atoms with E-state index in [9.17, 15) is 8.42 Å². The van der Waals surface area contributed by atoms with E-state index in [0.717, 1.165) is 11.0 Å². The summed E-state index contributed by atoms with van der Waals surface area (Å²) >= 11 is 0.944. The van der Waals surface area contributed by atoms with Crippen molar-refractivity contribution in [2.24, 2.45) is 0 Å². The van der Waals surface area contributed by atoms with Crippen LogP contribution in [0.3, 0.4) is 0 Å². The van der Waals surface area contributed by atoms with Crippen molar-refractivity contribution in [1.82, 2.24) is 0 Å². The Bertz CT molecular complexity index is 961. The first-order valence-electron chi connectivity index (χ1n) is 7.08. The zero-order valence-electron chi connectivity index (χ0n) is 12.0. The van der Waals surface area contributed by atoms with Gasteiger partial charge in [-0.05, 0) is 0 Å². The Morgan fingerprint density at radius 3 is 1.87 bits per heavy atom. The number of halogens is 1. The van der Waals surface area contributed by atoms with Gasteiger partial charge in [0.2, 0.25) is 0 Å². The number of hydrogen-bond donors (Lipinski definition) is 0. The molecule has 0 amide bonds. The summed E-state index contributed by atoms with van der Waals surface area (Å²) in [6.07, 6.45) is 0. The molecule has 0 saturated heterocycles. The van der Waals surface area contributed by atoms with Crippen LogP contribution in [-0.2, 0) is 9.84 Å². The van der Waals surface area contributed by atoms with Crippen LogP contribution in [0.1, 0.15) is 0 Å².